The van der Waals surface area contributed by atoms with Crippen molar-refractivity contribution in [3.63, 3.8) is 0 Å². The first-order valence-electron chi connectivity index (χ1n) is 5.14. The lowest BCUT2D eigenvalue weighted by molar-refractivity contribution is 1.45. The summed E-state index contributed by atoms with van der Waals surface area (Å²) in [5.74, 6) is 0. The summed E-state index contributed by atoms with van der Waals surface area (Å²) in [7, 11) is 0. The molecule has 2 rings (SSSR count). The molecule has 0 fully saturated rings. The summed E-state index contributed by atoms with van der Waals surface area (Å²) in [5.41, 5.74) is 9.43. The standard InChI is InChI=1S/C13H12BrClN2/c1-8-2-4-10(7-11(8)15)17-13-6-9(14)3-5-12(13)16/h2-7,17H,16H2,1H3. The van der Waals surface area contributed by atoms with Gasteiger partial charge in [0, 0.05) is 15.2 Å². The Morgan fingerprint density at radius 2 is 1.94 bits per heavy atom. The van der Waals surface area contributed by atoms with Crippen LogP contribution in [0.25, 0.3) is 0 Å². The van der Waals surface area contributed by atoms with Crippen molar-refractivity contribution in [1.29, 1.82) is 0 Å². The minimum absolute atomic E-state index is 0.699. The van der Waals surface area contributed by atoms with Crippen LogP contribution in [0, 0.1) is 6.92 Å². The predicted molar refractivity (Wildman–Crippen MR) is 78.0 cm³/mol. The van der Waals surface area contributed by atoms with Gasteiger partial charge in [-0.25, -0.2) is 0 Å². The van der Waals surface area contributed by atoms with E-state index in [1.54, 1.807) is 0 Å². The van der Waals surface area contributed by atoms with Crippen molar-refractivity contribution < 1.29 is 0 Å². The molecule has 0 saturated heterocycles. The number of hydrogen-bond acceptors (Lipinski definition) is 2. The Morgan fingerprint density at radius 3 is 2.65 bits per heavy atom. The fourth-order valence-electron chi connectivity index (χ4n) is 1.46. The molecule has 3 N–H and O–H groups in total. The zero-order valence-electron chi connectivity index (χ0n) is 9.30. The Balaban J connectivity index is 2.31. The number of nitrogens with one attached hydrogen (secondary N) is 1. The van der Waals surface area contributed by atoms with Gasteiger partial charge in [0.1, 0.15) is 0 Å². The van der Waals surface area contributed by atoms with Gasteiger partial charge in [-0.05, 0) is 42.8 Å². The molecule has 2 aromatic carbocycles. The maximum absolute atomic E-state index is 6.07. The number of benzene rings is 2. The van der Waals surface area contributed by atoms with Gasteiger partial charge < -0.3 is 11.1 Å². The van der Waals surface area contributed by atoms with E-state index in [4.69, 9.17) is 17.3 Å². The van der Waals surface area contributed by atoms with E-state index in [0.717, 1.165) is 26.4 Å². The molecule has 17 heavy (non-hydrogen) atoms. The van der Waals surface area contributed by atoms with E-state index in [-0.39, 0.29) is 0 Å². The molecule has 0 unspecified atom stereocenters. The second-order valence-corrected chi connectivity index (χ2v) is 5.14. The Hall–Kier alpha value is -1.19. The summed E-state index contributed by atoms with van der Waals surface area (Å²) in [6, 6.07) is 11.5. The van der Waals surface area contributed by atoms with Gasteiger partial charge >= 0.3 is 0 Å². The Morgan fingerprint density at radius 1 is 1.18 bits per heavy atom. The highest BCUT2D eigenvalue weighted by Crippen LogP contribution is 2.28. The summed E-state index contributed by atoms with van der Waals surface area (Å²) in [6.07, 6.45) is 0. The molecule has 0 saturated carbocycles. The molecule has 88 valence electrons. The zero-order chi connectivity index (χ0) is 12.4. The van der Waals surface area contributed by atoms with E-state index in [0.29, 0.717) is 5.69 Å². The summed E-state index contributed by atoms with van der Waals surface area (Å²) >= 11 is 9.48. The molecule has 0 aliphatic rings. The summed E-state index contributed by atoms with van der Waals surface area (Å²) in [4.78, 5) is 0. The van der Waals surface area contributed by atoms with E-state index in [9.17, 15) is 0 Å². The molecule has 0 heterocycles. The molecule has 0 aromatic heterocycles. The average Bonchev–Trinajstić information content (AvgIpc) is 2.29. The molecule has 0 aliphatic heterocycles. The van der Waals surface area contributed by atoms with Crippen LogP contribution in [-0.4, -0.2) is 0 Å². The van der Waals surface area contributed by atoms with Gasteiger partial charge in [0.2, 0.25) is 0 Å². The second kappa shape index (κ2) is 4.98. The van der Waals surface area contributed by atoms with Crippen LogP contribution in [0.2, 0.25) is 5.02 Å². The Bertz CT molecular complexity index is 555. The molecule has 0 bridgehead atoms. The lowest BCUT2D eigenvalue weighted by atomic mass is 10.2. The number of rotatable bonds is 2. The molecule has 0 spiro atoms. The van der Waals surface area contributed by atoms with Gasteiger partial charge in [-0.3, -0.25) is 0 Å². The normalized spacial score (nSPS) is 10.3. The first-order valence-corrected chi connectivity index (χ1v) is 6.31. The van der Waals surface area contributed by atoms with Crippen LogP contribution in [0.15, 0.2) is 40.9 Å². The Kier molecular flexibility index (Phi) is 3.60. The van der Waals surface area contributed by atoms with Crippen molar-refractivity contribution in [2.24, 2.45) is 0 Å². The van der Waals surface area contributed by atoms with Crippen molar-refractivity contribution in [2.45, 2.75) is 6.92 Å². The third-order valence-corrected chi connectivity index (χ3v) is 3.37. The summed E-state index contributed by atoms with van der Waals surface area (Å²) < 4.78 is 0.979. The second-order valence-electron chi connectivity index (χ2n) is 3.82. The van der Waals surface area contributed by atoms with Crippen LogP contribution >= 0.6 is 27.5 Å². The van der Waals surface area contributed by atoms with E-state index in [1.165, 1.54) is 0 Å². The van der Waals surface area contributed by atoms with Gasteiger partial charge in [0.15, 0.2) is 0 Å². The van der Waals surface area contributed by atoms with Crippen LogP contribution < -0.4 is 11.1 Å². The fraction of sp³-hybridized carbons (Fsp3) is 0.0769. The van der Waals surface area contributed by atoms with Gasteiger partial charge in [-0.2, -0.15) is 0 Å². The number of aryl methyl sites for hydroxylation is 1. The highest BCUT2D eigenvalue weighted by Gasteiger charge is 2.02. The molecule has 0 aliphatic carbocycles. The third-order valence-electron chi connectivity index (χ3n) is 2.47. The van der Waals surface area contributed by atoms with Crippen molar-refractivity contribution in [1.82, 2.24) is 0 Å². The maximum atomic E-state index is 6.07. The number of nitrogen functional groups attached to an aromatic ring is 1. The zero-order valence-corrected chi connectivity index (χ0v) is 11.6. The summed E-state index contributed by atoms with van der Waals surface area (Å²) in [6.45, 7) is 1.97. The third kappa shape index (κ3) is 2.93. The SMILES string of the molecule is Cc1ccc(Nc2cc(Br)ccc2N)cc1Cl. The molecule has 2 nitrogen and oxygen atoms in total. The number of hydrogen-bond donors (Lipinski definition) is 2. The number of nitrogens with two attached hydrogens (primary N) is 1. The lowest BCUT2D eigenvalue weighted by Crippen LogP contribution is -1.96. The fourth-order valence-corrected chi connectivity index (χ4v) is 2.00. The maximum Gasteiger partial charge on any atom is 0.0629 e. The smallest absolute Gasteiger partial charge is 0.0629 e. The quantitative estimate of drug-likeness (QED) is 0.786. The van der Waals surface area contributed by atoms with Crippen LogP contribution in [0.4, 0.5) is 17.1 Å². The molecule has 0 radical (unpaired) electrons. The minimum atomic E-state index is 0.699. The first-order chi connectivity index (χ1) is 8.06. The number of anilines is 3. The van der Waals surface area contributed by atoms with Gasteiger partial charge in [0.25, 0.3) is 0 Å². The lowest BCUT2D eigenvalue weighted by Gasteiger charge is -2.10. The summed E-state index contributed by atoms with van der Waals surface area (Å²) in [5, 5.41) is 3.98. The van der Waals surface area contributed by atoms with Crippen LogP contribution in [0.5, 0.6) is 0 Å². The molecule has 4 heteroatoms. The van der Waals surface area contributed by atoms with E-state index < -0.39 is 0 Å². The van der Waals surface area contributed by atoms with E-state index in [2.05, 4.69) is 21.2 Å². The topological polar surface area (TPSA) is 38.0 Å². The minimum Gasteiger partial charge on any atom is -0.397 e. The van der Waals surface area contributed by atoms with Crippen molar-refractivity contribution in [3.8, 4) is 0 Å². The van der Waals surface area contributed by atoms with Crippen LogP contribution in [0.1, 0.15) is 5.56 Å². The molecule has 0 amide bonds. The van der Waals surface area contributed by atoms with Gasteiger partial charge in [-0.15, -0.1) is 0 Å². The number of halogens is 2. The predicted octanol–water partition coefficient (Wildman–Crippen LogP) is 4.74. The largest absolute Gasteiger partial charge is 0.397 e. The van der Waals surface area contributed by atoms with Crippen molar-refractivity contribution in [2.75, 3.05) is 11.1 Å². The highest BCUT2D eigenvalue weighted by molar-refractivity contribution is 9.10. The van der Waals surface area contributed by atoms with Crippen molar-refractivity contribution in [3.05, 3.63) is 51.5 Å². The van der Waals surface area contributed by atoms with Gasteiger partial charge in [0.05, 0.1) is 11.4 Å². The van der Waals surface area contributed by atoms with E-state index in [1.807, 2.05) is 43.3 Å². The molecule has 0 atom stereocenters. The molecular weight excluding hydrogens is 300 g/mol. The molecule has 2 aromatic rings. The molecular formula is C13H12BrClN2. The van der Waals surface area contributed by atoms with Crippen molar-refractivity contribution >= 4 is 44.6 Å². The van der Waals surface area contributed by atoms with Crippen LogP contribution in [0.3, 0.4) is 0 Å². The first kappa shape index (κ1) is 12.3. The van der Waals surface area contributed by atoms with Crippen LogP contribution in [-0.2, 0) is 0 Å². The van der Waals surface area contributed by atoms with E-state index >= 15 is 0 Å². The Labute approximate surface area is 114 Å². The van der Waals surface area contributed by atoms with Gasteiger partial charge in [-0.1, -0.05) is 33.6 Å². The average molecular weight is 312 g/mol. The highest BCUT2D eigenvalue weighted by atomic mass is 79.9. The monoisotopic (exact) mass is 310 g/mol.